The average Bonchev–Trinajstić information content (AvgIpc) is 2.80. The van der Waals surface area contributed by atoms with Gasteiger partial charge in [0.25, 0.3) is 11.5 Å². The molecule has 25 heavy (non-hydrogen) atoms. The molecule has 1 aliphatic heterocycles. The number of carbonyl (C=O) groups is 1. The largest absolute Gasteiger partial charge is 0.484 e. The van der Waals surface area contributed by atoms with Gasteiger partial charge in [0, 0.05) is 35.3 Å². The number of aromatic nitrogens is 1. The number of aryl methyl sites for hydroxylation is 2. The van der Waals surface area contributed by atoms with Crippen molar-refractivity contribution in [1.82, 2.24) is 10.3 Å². The minimum absolute atomic E-state index is 0.0843. The van der Waals surface area contributed by atoms with Crippen LogP contribution in [0.2, 0.25) is 0 Å². The molecule has 2 aromatic rings. The molecule has 1 aliphatic rings. The smallest absolute Gasteiger partial charge is 0.253 e. The monoisotopic (exact) mass is 344 g/mol. The second-order valence-electron chi connectivity index (χ2n) is 7.11. The van der Waals surface area contributed by atoms with E-state index in [4.69, 9.17) is 4.74 Å². The summed E-state index contributed by atoms with van der Waals surface area (Å²) in [6.07, 6.45) is 0.539. The van der Waals surface area contributed by atoms with Crippen LogP contribution in [0.3, 0.4) is 0 Å². The van der Waals surface area contributed by atoms with Gasteiger partial charge in [0.15, 0.2) is 11.6 Å². The topological polar surface area (TPSA) is 71.2 Å². The third-order valence-electron chi connectivity index (χ3n) is 4.30. The molecule has 1 aromatic heterocycles. The molecule has 0 atom stereocenters. The number of benzene rings is 1. The SMILES string of the molecule is Cc1cc(C)c(CNC(=O)c2cc(F)c3c(c2)CC(C)(C)O3)c(=O)[nH]1. The zero-order valence-electron chi connectivity index (χ0n) is 14.7. The number of hydrogen-bond acceptors (Lipinski definition) is 3. The maximum absolute atomic E-state index is 14.2. The Morgan fingerprint density at radius 1 is 1.32 bits per heavy atom. The summed E-state index contributed by atoms with van der Waals surface area (Å²) in [5.41, 5.74) is 2.25. The predicted octanol–water partition coefficient (Wildman–Crippen LogP) is 2.77. The van der Waals surface area contributed by atoms with Gasteiger partial charge in [-0.2, -0.15) is 0 Å². The maximum Gasteiger partial charge on any atom is 0.253 e. The molecule has 0 radical (unpaired) electrons. The molecule has 0 fully saturated rings. The number of pyridine rings is 1. The van der Waals surface area contributed by atoms with Gasteiger partial charge in [0.05, 0.1) is 0 Å². The number of nitrogens with one attached hydrogen (secondary N) is 2. The van der Waals surface area contributed by atoms with Crippen LogP contribution in [0.5, 0.6) is 5.75 Å². The van der Waals surface area contributed by atoms with E-state index in [1.807, 2.05) is 26.8 Å². The Balaban J connectivity index is 1.80. The number of amides is 1. The van der Waals surface area contributed by atoms with Crippen LogP contribution < -0.4 is 15.6 Å². The van der Waals surface area contributed by atoms with Crippen molar-refractivity contribution in [3.8, 4) is 5.75 Å². The molecule has 1 aromatic carbocycles. The molecule has 2 heterocycles. The molecule has 2 N–H and O–H groups in total. The van der Waals surface area contributed by atoms with Gasteiger partial charge < -0.3 is 15.0 Å². The Bertz CT molecular complexity index is 916. The third kappa shape index (κ3) is 3.43. The first kappa shape index (κ1) is 17.2. The van der Waals surface area contributed by atoms with Crippen LogP contribution in [0.25, 0.3) is 0 Å². The number of rotatable bonds is 3. The predicted molar refractivity (Wildman–Crippen MR) is 92.5 cm³/mol. The van der Waals surface area contributed by atoms with E-state index < -0.39 is 17.3 Å². The van der Waals surface area contributed by atoms with Gasteiger partial charge in [0.2, 0.25) is 0 Å². The number of fused-ring (bicyclic) bond motifs is 1. The van der Waals surface area contributed by atoms with Crippen LogP contribution in [0, 0.1) is 19.7 Å². The molecule has 6 heteroatoms. The van der Waals surface area contributed by atoms with Gasteiger partial charge >= 0.3 is 0 Å². The van der Waals surface area contributed by atoms with Gasteiger partial charge in [0.1, 0.15) is 5.60 Å². The number of aromatic amines is 1. The number of carbonyl (C=O) groups excluding carboxylic acids is 1. The van der Waals surface area contributed by atoms with E-state index >= 15 is 0 Å². The lowest BCUT2D eigenvalue weighted by molar-refractivity contribution is 0.0950. The lowest BCUT2D eigenvalue weighted by atomic mass is 10.00. The minimum Gasteiger partial charge on any atom is -0.484 e. The lowest BCUT2D eigenvalue weighted by Gasteiger charge is -2.16. The normalized spacial score (nSPS) is 14.8. The van der Waals surface area contributed by atoms with E-state index in [1.54, 1.807) is 13.0 Å². The van der Waals surface area contributed by atoms with Crippen LogP contribution in [0.1, 0.15) is 46.6 Å². The summed E-state index contributed by atoms with van der Waals surface area (Å²) in [6, 6.07) is 4.66. The highest BCUT2D eigenvalue weighted by Gasteiger charge is 2.33. The van der Waals surface area contributed by atoms with Gasteiger partial charge in [-0.1, -0.05) is 0 Å². The van der Waals surface area contributed by atoms with Crippen LogP contribution >= 0.6 is 0 Å². The standard InChI is InChI=1S/C19H21FN2O3/c1-10-5-11(2)22-18(24)14(10)9-21-17(23)12-6-13-8-19(3,4)25-16(13)15(20)7-12/h5-7H,8-9H2,1-4H3,(H,21,23)(H,22,24). The lowest BCUT2D eigenvalue weighted by Crippen LogP contribution is -2.28. The van der Waals surface area contributed by atoms with E-state index in [0.29, 0.717) is 17.5 Å². The second kappa shape index (κ2) is 6.02. The van der Waals surface area contributed by atoms with Crippen molar-refractivity contribution < 1.29 is 13.9 Å². The maximum atomic E-state index is 14.2. The number of ether oxygens (including phenoxy) is 1. The highest BCUT2D eigenvalue weighted by molar-refractivity contribution is 5.94. The Kier molecular flexibility index (Phi) is 4.14. The Labute approximate surface area is 145 Å². The molecular formula is C19H21FN2O3. The first-order valence-electron chi connectivity index (χ1n) is 8.15. The first-order chi connectivity index (χ1) is 11.7. The van der Waals surface area contributed by atoms with E-state index in [9.17, 15) is 14.0 Å². The summed E-state index contributed by atoms with van der Waals surface area (Å²) >= 11 is 0. The summed E-state index contributed by atoms with van der Waals surface area (Å²) in [6.45, 7) is 7.45. The number of halogens is 1. The van der Waals surface area contributed by atoms with Crippen molar-refractivity contribution in [1.29, 1.82) is 0 Å². The van der Waals surface area contributed by atoms with Crippen molar-refractivity contribution >= 4 is 5.91 Å². The fraction of sp³-hybridized carbons (Fsp3) is 0.368. The number of H-pyrrole nitrogens is 1. The van der Waals surface area contributed by atoms with Crippen LogP contribution in [-0.4, -0.2) is 16.5 Å². The molecule has 132 valence electrons. The van der Waals surface area contributed by atoms with Crippen LogP contribution in [0.15, 0.2) is 23.0 Å². The van der Waals surface area contributed by atoms with E-state index in [2.05, 4.69) is 10.3 Å². The Morgan fingerprint density at radius 3 is 2.72 bits per heavy atom. The summed E-state index contributed by atoms with van der Waals surface area (Å²) in [4.78, 5) is 27.1. The fourth-order valence-corrected chi connectivity index (χ4v) is 3.17. The molecule has 3 rings (SSSR count). The van der Waals surface area contributed by atoms with E-state index in [0.717, 1.165) is 11.3 Å². The summed E-state index contributed by atoms with van der Waals surface area (Å²) < 4.78 is 19.8. The minimum atomic E-state index is -0.544. The quantitative estimate of drug-likeness (QED) is 0.899. The van der Waals surface area contributed by atoms with Gasteiger partial charge in [-0.15, -0.1) is 0 Å². The molecule has 0 aliphatic carbocycles. The highest BCUT2D eigenvalue weighted by atomic mass is 19.1. The Hall–Kier alpha value is -2.63. The zero-order chi connectivity index (χ0) is 18.4. The van der Waals surface area contributed by atoms with Crippen molar-refractivity contribution in [3.63, 3.8) is 0 Å². The molecule has 0 saturated carbocycles. The average molecular weight is 344 g/mol. The van der Waals surface area contributed by atoms with Crippen molar-refractivity contribution in [2.45, 2.75) is 46.3 Å². The van der Waals surface area contributed by atoms with Gasteiger partial charge in [-0.3, -0.25) is 9.59 Å². The van der Waals surface area contributed by atoms with Crippen molar-refractivity contribution in [2.75, 3.05) is 0 Å². The van der Waals surface area contributed by atoms with Crippen molar-refractivity contribution in [2.24, 2.45) is 0 Å². The molecule has 0 saturated heterocycles. The van der Waals surface area contributed by atoms with Crippen LogP contribution in [-0.2, 0) is 13.0 Å². The van der Waals surface area contributed by atoms with Crippen molar-refractivity contribution in [3.05, 3.63) is 62.3 Å². The van der Waals surface area contributed by atoms with Gasteiger partial charge in [-0.25, -0.2) is 4.39 Å². The zero-order valence-corrected chi connectivity index (χ0v) is 14.7. The summed E-state index contributed by atoms with van der Waals surface area (Å²) in [5.74, 6) is -0.754. The fourth-order valence-electron chi connectivity index (χ4n) is 3.17. The molecular weight excluding hydrogens is 323 g/mol. The highest BCUT2D eigenvalue weighted by Crippen LogP contribution is 2.37. The molecule has 0 spiro atoms. The Morgan fingerprint density at radius 2 is 2.04 bits per heavy atom. The van der Waals surface area contributed by atoms with Crippen LogP contribution in [0.4, 0.5) is 4.39 Å². The first-order valence-corrected chi connectivity index (χ1v) is 8.15. The van der Waals surface area contributed by atoms with E-state index in [-0.39, 0.29) is 23.4 Å². The second-order valence-corrected chi connectivity index (χ2v) is 7.11. The molecule has 0 unspecified atom stereocenters. The molecule has 1 amide bonds. The summed E-state index contributed by atoms with van der Waals surface area (Å²) in [7, 11) is 0. The molecule has 5 nitrogen and oxygen atoms in total. The molecule has 0 bridgehead atoms. The summed E-state index contributed by atoms with van der Waals surface area (Å²) in [5, 5.41) is 2.69. The van der Waals surface area contributed by atoms with Gasteiger partial charge in [-0.05, 0) is 51.5 Å². The van der Waals surface area contributed by atoms with E-state index in [1.165, 1.54) is 6.07 Å². The number of hydrogen-bond donors (Lipinski definition) is 2. The third-order valence-corrected chi connectivity index (χ3v) is 4.30.